The Bertz CT molecular complexity index is 1280. The third-order valence-electron chi connectivity index (χ3n) is 4.77. The predicted octanol–water partition coefficient (Wildman–Crippen LogP) is 5.43. The molecule has 36 heavy (non-hydrogen) atoms. The van der Waals surface area contributed by atoms with Gasteiger partial charge in [0, 0.05) is 26.0 Å². The third-order valence-corrected chi connectivity index (χ3v) is 5.78. The van der Waals surface area contributed by atoms with Gasteiger partial charge in [0.05, 0.1) is 26.6 Å². The lowest BCUT2D eigenvalue weighted by molar-refractivity contribution is -0.388. The molecule has 0 atom stereocenters. The molecule has 0 bridgehead atoms. The first-order valence-corrected chi connectivity index (χ1v) is 11.0. The monoisotopic (exact) mass is 533 g/mol. The molecule has 3 rings (SSSR count). The fourth-order valence-corrected chi connectivity index (χ4v) is 4.10. The molecule has 0 radical (unpaired) electrons. The van der Waals surface area contributed by atoms with Crippen molar-refractivity contribution in [2.45, 2.75) is 42.2 Å². The van der Waals surface area contributed by atoms with Crippen LogP contribution in [-0.2, 0) is 23.6 Å². The van der Waals surface area contributed by atoms with Crippen LogP contribution in [0.3, 0.4) is 0 Å². The third kappa shape index (κ3) is 6.53. The Balaban J connectivity index is 2.05. The zero-order valence-electron chi connectivity index (χ0n) is 18.4. The van der Waals surface area contributed by atoms with Gasteiger partial charge in [-0.2, -0.15) is 26.3 Å². The second-order valence-electron chi connectivity index (χ2n) is 7.41. The van der Waals surface area contributed by atoms with Crippen LogP contribution >= 0.6 is 11.8 Å². The number of hydrogen-bond donors (Lipinski definition) is 1. The van der Waals surface area contributed by atoms with E-state index in [4.69, 9.17) is 0 Å². The van der Waals surface area contributed by atoms with Crippen molar-refractivity contribution in [3.8, 4) is 5.69 Å². The van der Waals surface area contributed by atoms with Gasteiger partial charge in [-0.3, -0.25) is 19.5 Å². The van der Waals surface area contributed by atoms with Crippen molar-refractivity contribution < 1.29 is 36.1 Å². The van der Waals surface area contributed by atoms with E-state index in [1.165, 1.54) is 17.6 Å². The number of carbonyl (C=O) groups is 1. The summed E-state index contributed by atoms with van der Waals surface area (Å²) in [6.07, 6.45) is -8.96. The van der Waals surface area contributed by atoms with Crippen molar-refractivity contribution in [2.24, 2.45) is 0 Å². The van der Waals surface area contributed by atoms with E-state index < -0.39 is 34.1 Å². The molecule has 2 aromatic carbocycles. The van der Waals surface area contributed by atoms with Crippen LogP contribution in [0.1, 0.15) is 30.3 Å². The van der Waals surface area contributed by atoms with Gasteiger partial charge in [-0.15, -0.1) is 10.2 Å². The van der Waals surface area contributed by atoms with Crippen LogP contribution in [0.5, 0.6) is 0 Å². The SMILES string of the molecule is CC(=O)NCCCc1nnc(Sc2ccc(C(F)(F)F)cc2[N+](=O)[O-])n1-c1cccc(C(F)(F)F)c1. The summed E-state index contributed by atoms with van der Waals surface area (Å²) in [5.41, 5.74) is -3.03. The van der Waals surface area contributed by atoms with E-state index in [1.54, 1.807) is 0 Å². The van der Waals surface area contributed by atoms with Gasteiger partial charge in [-0.1, -0.05) is 6.07 Å². The van der Waals surface area contributed by atoms with Crippen molar-refractivity contribution >= 4 is 23.4 Å². The largest absolute Gasteiger partial charge is 0.416 e. The molecule has 1 aromatic heterocycles. The normalized spacial score (nSPS) is 12.0. The second kappa shape index (κ2) is 10.6. The fourth-order valence-electron chi connectivity index (χ4n) is 3.14. The molecule has 0 aliphatic carbocycles. The summed E-state index contributed by atoms with van der Waals surface area (Å²) in [7, 11) is 0. The number of aryl methyl sites for hydroxylation is 1. The smallest absolute Gasteiger partial charge is 0.356 e. The number of halogens is 6. The molecule has 0 unspecified atom stereocenters. The number of carbonyl (C=O) groups excluding carboxylic acids is 1. The lowest BCUT2D eigenvalue weighted by Crippen LogP contribution is -2.21. The summed E-state index contributed by atoms with van der Waals surface area (Å²) in [6.45, 7) is 1.56. The van der Waals surface area contributed by atoms with Crippen LogP contribution in [-0.4, -0.2) is 32.1 Å². The number of aromatic nitrogens is 3. The van der Waals surface area contributed by atoms with E-state index in [0.717, 1.165) is 24.3 Å². The summed E-state index contributed by atoms with van der Waals surface area (Å²) in [6, 6.07) is 6.14. The van der Waals surface area contributed by atoms with E-state index >= 15 is 0 Å². The molecule has 0 spiro atoms. The Labute approximate surface area is 203 Å². The number of rotatable bonds is 8. The van der Waals surface area contributed by atoms with Crippen molar-refractivity contribution in [1.82, 2.24) is 20.1 Å². The van der Waals surface area contributed by atoms with Gasteiger partial charge in [0.15, 0.2) is 0 Å². The topological polar surface area (TPSA) is 103 Å². The molecular formula is C21H17F6N5O3S. The standard InChI is InChI=1S/C21H17F6N5O3S/c1-12(33)28-9-3-6-18-29-30-19(31(18)15-5-2-4-13(10-15)20(22,23)24)36-17-8-7-14(21(25,26)27)11-16(17)32(34)35/h2,4-5,7-8,10-11H,3,6,9H2,1H3,(H,28,33). The van der Waals surface area contributed by atoms with E-state index in [9.17, 15) is 41.3 Å². The molecule has 0 aliphatic heterocycles. The minimum atomic E-state index is -4.81. The van der Waals surface area contributed by atoms with Crippen LogP contribution in [0.2, 0.25) is 0 Å². The first kappa shape index (κ1) is 27.0. The van der Waals surface area contributed by atoms with Gasteiger partial charge >= 0.3 is 12.4 Å². The number of alkyl halides is 6. The fraction of sp³-hybridized carbons (Fsp3) is 0.286. The maximum absolute atomic E-state index is 13.3. The van der Waals surface area contributed by atoms with Crippen LogP contribution in [0.25, 0.3) is 5.69 Å². The highest BCUT2D eigenvalue weighted by atomic mass is 32.2. The highest BCUT2D eigenvalue weighted by Crippen LogP contribution is 2.40. The van der Waals surface area contributed by atoms with E-state index in [1.807, 2.05) is 0 Å². The number of nitrogens with zero attached hydrogens (tertiary/aromatic N) is 4. The number of benzene rings is 2. The molecular weight excluding hydrogens is 516 g/mol. The Morgan fingerprint density at radius 1 is 1.06 bits per heavy atom. The first-order valence-electron chi connectivity index (χ1n) is 10.2. The second-order valence-corrected chi connectivity index (χ2v) is 8.42. The Kier molecular flexibility index (Phi) is 7.91. The van der Waals surface area contributed by atoms with Gasteiger partial charge < -0.3 is 5.32 Å². The number of hydrogen-bond acceptors (Lipinski definition) is 6. The molecule has 0 fully saturated rings. The highest BCUT2D eigenvalue weighted by molar-refractivity contribution is 7.99. The van der Waals surface area contributed by atoms with Crippen molar-refractivity contribution in [1.29, 1.82) is 0 Å². The average molecular weight is 533 g/mol. The van der Waals surface area contributed by atoms with Crippen molar-refractivity contribution in [3.63, 3.8) is 0 Å². The summed E-state index contributed by atoms with van der Waals surface area (Å²) in [5.74, 6) is -0.0862. The van der Waals surface area contributed by atoms with Crippen LogP contribution in [0, 0.1) is 10.1 Å². The molecule has 1 N–H and O–H groups in total. The molecule has 0 saturated carbocycles. The Morgan fingerprint density at radius 2 is 1.72 bits per heavy atom. The average Bonchev–Trinajstić information content (AvgIpc) is 3.17. The summed E-state index contributed by atoms with van der Waals surface area (Å²) in [5, 5.41) is 21.8. The molecule has 1 amide bonds. The minimum Gasteiger partial charge on any atom is -0.356 e. The lowest BCUT2D eigenvalue weighted by atomic mass is 10.2. The van der Waals surface area contributed by atoms with E-state index in [0.29, 0.717) is 30.3 Å². The molecule has 8 nitrogen and oxygen atoms in total. The van der Waals surface area contributed by atoms with Crippen LogP contribution in [0.15, 0.2) is 52.5 Å². The van der Waals surface area contributed by atoms with Crippen LogP contribution in [0.4, 0.5) is 32.0 Å². The zero-order chi connectivity index (χ0) is 26.7. The predicted molar refractivity (Wildman–Crippen MR) is 116 cm³/mol. The Morgan fingerprint density at radius 3 is 2.33 bits per heavy atom. The summed E-state index contributed by atoms with van der Waals surface area (Å²) in [4.78, 5) is 21.3. The van der Waals surface area contributed by atoms with Crippen molar-refractivity contribution in [2.75, 3.05) is 6.54 Å². The maximum Gasteiger partial charge on any atom is 0.416 e. The lowest BCUT2D eigenvalue weighted by Gasteiger charge is -2.13. The zero-order valence-corrected chi connectivity index (χ0v) is 19.2. The molecule has 0 saturated heterocycles. The molecule has 15 heteroatoms. The van der Waals surface area contributed by atoms with Crippen molar-refractivity contribution in [3.05, 3.63) is 69.5 Å². The number of amides is 1. The minimum absolute atomic E-state index is 0.00131. The molecule has 1 heterocycles. The number of nitro benzene ring substituents is 1. The quantitative estimate of drug-likeness (QED) is 0.179. The van der Waals surface area contributed by atoms with Gasteiger partial charge in [0.25, 0.3) is 5.69 Å². The van der Waals surface area contributed by atoms with Gasteiger partial charge in [-0.25, -0.2) is 0 Å². The highest BCUT2D eigenvalue weighted by Gasteiger charge is 2.34. The Hall–Kier alpha value is -3.62. The van der Waals surface area contributed by atoms with Gasteiger partial charge in [0.1, 0.15) is 5.82 Å². The number of nitrogens with one attached hydrogen (secondary N) is 1. The summed E-state index contributed by atoms with van der Waals surface area (Å²) >= 11 is 0.591. The van der Waals surface area contributed by atoms with Crippen LogP contribution < -0.4 is 5.32 Å². The van der Waals surface area contributed by atoms with Gasteiger partial charge in [0.2, 0.25) is 11.1 Å². The molecule has 0 aliphatic rings. The number of nitro groups is 1. The first-order chi connectivity index (χ1) is 16.8. The van der Waals surface area contributed by atoms with Gasteiger partial charge in [-0.05, 0) is 48.5 Å². The molecule has 192 valence electrons. The maximum atomic E-state index is 13.3. The van der Waals surface area contributed by atoms with E-state index in [-0.39, 0.29) is 40.4 Å². The van der Waals surface area contributed by atoms with E-state index in [2.05, 4.69) is 15.5 Å². The molecule has 3 aromatic rings. The summed E-state index contributed by atoms with van der Waals surface area (Å²) < 4.78 is 80.3.